The summed E-state index contributed by atoms with van der Waals surface area (Å²) >= 11 is 0. The van der Waals surface area contributed by atoms with Crippen LogP contribution in [0.4, 0.5) is 11.4 Å². The predicted molar refractivity (Wildman–Crippen MR) is 148 cm³/mol. The third-order valence-corrected chi connectivity index (χ3v) is 6.66. The highest BCUT2D eigenvalue weighted by atomic mass is 16.5. The molecule has 1 aliphatic heterocycles. The number of anilines is 2. The van der Waals surface area contributed by atoms with E-state index in [-0.39, 0.29) is 17.4 Å². The molecular weight excluding hydrogens is 464 g/mol. The Bertz CT molecular complexity index is 1320. The first kappa shape index (κ1) is 26.0. The molecule has 0 aromatic heterocycles. The van der Waals surface area contributed by atoms with Gasteiger partial charge < -0.3 is 14.7 Å². The highest BCUT2D eigenvalue weighted by Gasteiger charge is 2.47. The van der Waals surface area contributed by atoms with Crippen LogP contribution in [-0.4, -0.2) is 36.0 Å². The van der Waals surface area contributed by atoms with E-state index in [0.717, 1.165) is 29.9 Å². The van der Waals surface area contributed by atoms with Crippen LogP contribution < -0.4 is 14.5 Å². The molecule has 192 valence electrons. The molecule has 3 aromatic rings. The van der Waals surface area contributed by atoms with E-state index in [1.54, 1.807) is 24.3 Å². The molecular formula is C31H34N2O4. The number of aliphatic hydroxyl groups is 1. The van der Waals surface area contributed by atoms with Crippen molar-refractivity contribution in [3.63, 3.8) is 0 Å². The van der Waals surface area contributed by atoms with Gasteiger partial charge in [-0.2, -0.15) is 0 Å². The summed E-state index contributed by atoms with van der Waals surface area (Å²) in [6.45, 7) is 11.7. The first-order valence-electron chi connectivity index (χ1n) is 12.7. The first-order valence-corrected chi connectivity index (χ1v) is 12.7. The molecule has 1 atom stereocenters. The van der Waals surface area contributed by atoms with Crippen LogP contribution in [0.1, 0.15) is 50.4 Å². The van der Waals surface area contributed by atoms with Crippen molar-refractivity contribution in [1.29, 1.82) is 0 Å². The Morgan fingerprint density at radius 1 is 0.973 bits per heavy atom. The maximum Gasteiger partial charge on any atom is 0.300 e. The molecule has 6 heteroatoms. The number of Topliss-reactive ketones (excluding diaryl/α,β-unsaturated/α-hetero) is 1. The number of rotatable bonds is 8. The van der Waals surface area contributed by atoms with E-state index < -0.39 is 17.7 Å². The molecule has 1 aliphatic rings. The van der Waals surface area contributed by atoms with Gasteiger partial charge in [0, 0.05) is 30.0 Å². The third kappa shape index (κ3) is 5.10. The molecule has 1 heterocycles. The van der Waals surface area contributed by atoms with Gasteiger partial charge in [0.05, 0.1) is 17.7 Å². The van der Waals surface area contributed by atoms with Gasteiger partial charge in [0.25, 0.3) is 11.7 Å². The second-order valence-corrected chi connectivity index (χ2v) is 9.41. The van der Waals surface area contributed by atoms with Crippen molar-refractivity contribution in [3.8, 4) is 5.75 Å². The minimum Gasteiger partial charge on any atom is -0.507 e. The van der Waals surface area contributed by atoms with Crippen molar-refractivity contribution >= 4 is 28.8 Å². The van der Waals surface area contributed by atoms with Crippen LogP contribution in [0.5, 0.6) is 5.75 Å². The number of aliphatic hydroxyl groups excluding tert-OH is 1. The van der Waals surface area contributed by atoms with Crippen molar-refractivity contribution in [2.75, 3.05) is 22.9 Å². The summed E-state index contributed by atoms with van der Waals surface area (Å²) in [5.41, 5.74) is 3.83. The largest absolute Gasteiger partial charge is 0.507 e. The van der Waals surface area contributed by atoms with Gasteiger partial charge in [-0.25, -0.2) is 0 Å². The quantitative estimate of drug-likeness (QED) is 0.226. The van der Waals surface area contributed by atoms with Gasteiger partial charge in [-0.05, 0) is 82.1 Å². The molecule has 37 heavy (non-hydrogen) atoms. The van der Waals surface area contributed by atoms with Gasteiger partial charge in [0.2, 0.25) is 0 Å². The van der Waals surface area contributed by atoms with E-state index in [1.807, 2.05) is 69.3 Å². The number of benzene rings is 3. The van der Waals surface area contributed by atoms with Crippen molar-refractivity contribution in [1.82, 2.24) is 0 Å². The molecule has 1 amide bonds. The molecule has 1 N–H and O–H groups in total. The van der Waals surface area contributed by atoms with Gasteiger partial charge >= 0.3 is 0 Å². The average molecular weight is 499 g/mol. The maximum absolute atomic E-state index is 13.5. The van der Waals surface area contributed by atoms with E-state index in [9.17, 15) is 14.7 Å². The lowest BCUT2D eigenvalue weighted by atomic mass is 9.92. The average Bonchev–Trinajstić information content (AvgIpc) is 3.15. The van der Waals surface area contributed by atoms with Crippen LogP contribution in [0.15, 0.2) is 78.4 Å². The molecule has 0 bridgehead atoms. The van der Waals surface area contributed by atoms with E-state index >= 15 is 0 Å². The number of aryl methyl sites for hydroxylation is 1. The molecule has 0 radical (unpaired) electrons. The van der Waals surface area contributed by atoms with E-state index in [1.165, 1.54) is 4.90 Å². The standard InChI is InChI=1S/C31H34N2O4/c1-6-32(7-2)23-15-17-24(18-16-23)33-28(26-14-9-8-11-21(26)5)27(30(35)31(33)36)29(34)22-12-10-13-25(19-22)37-20(3)4/h8-20,28,34H,6-7H2,1-5H3/b29-27+. The Morgan fingerprint density at radius 2 is 1.65 bits per heavy atom. The molecule has 1 fully saturated rings. The Balaban J connectivity index is 1.87. The fourth-order valence-corrected chi connectivity index (χ4v) is 4.84. The molecule has 3 aromatic carbocycles. The minimum atomic E-state index is -0.768. The summed E-state index contributed by atoms with van der Waals surface area (Å²) < 4.78 is 5.79. The second-order valence-electron chi connectivity index (χ2n) is 9.41. The van der Waals surface area contributed by atoms with E-state index in [0.29, 0.717) is 17.0 Å². The zero-order valence-corrected chi connectivity index (χ0v) is 22.1. The predicted octanol–water partition coefficient (Wildman–Crippen LogP) is 6.25. The van der Waals surface area contributed by atoms with Gasteiger partial charge in [0.1, 0.15) is 11.5 Å². The SMILES string of the molecule is CCN(CC)c1ccc(N2C(=O)C(=O)/C(=C(/O)c3cccc(OC(C)C)c3)C2c2ccccc2C)cc1. The fraction of sp³-hybridized carbons (Fsp3) is 0.290. The molecule has 1 saturated heterocycles. The molecule has 1 unspecified atom stereocenters. The highest BCUT2D eigenvalue weighted by Crippen LogP contribution is 2.43. The number of hydrogen-bond donors (Lipinski definition) is 1. The van der Waals surface area contributed by atoms with Crippen molar-refractivity contribution < 1.29 is 19.4 Å². The molecule has 6 nitrogen and oxygen atoms in total. The Hall–Kier alpha value is -4.06. The van der Waals surface area contributed by atoms with Crippen LogP contribution in [0.3, 0.4) is 0 Å². The summed E-state index contributed by atoms with van der Waals surface area (Å²) in [6.07, 6.45) is -0.0470. The number of hydrogen-bond acceptors (Lipinski definition) is 5. The number of ketones is 1. The molecule has 0 aliphatic carbocycles. The van der Waals surface area contributed by atoms with Crippen LogP contribution in [0, 0.1) is 6.92 Å². The summed E-state index contributed by atoms with van der Waals surface area (Å²) in [4.78, 5) is 30.7. The normalized spacial score (nSPS) is 16.9. The van der Waals surface area contributed by atoms with Crippen molar-refractivity contribution in [2.45, 2.75) is 46.8 Å². The lowest BCUT2D eigenvalue weighted by Crippen LogP contribution is -2.30. The highest BCUT2D eigenvalue weighted by molar-refractivity contribution is 6.51. The first-order chi connectivity index (χ1) is 17.8. The van der Waals surface area contributed by atoms with Gasteiger partial charge in [-0.1, -0.05) is 36.4 Å². The Morgan fingerprint density at radius 3 is 2.27 bits per heavy atom. The third-order valence-electron chi connectivity index (χ3n) is 6.66. The van der Waals surface area contributed by atoms with Crippen LogP contribution in [0.2, 0.25) is 0 Å². The fourth-order valence-electron chi connectivity index (χ4n) is 4.84. The molecule has 0 saturated carbocycles. The van der Waals surface area contributed by atoms with E-state index in [2.05, 4.69) is 18.7 Å². The second kappa shape index (κ2) is 10.9. The lowest BCUT2D eigenvalue weighted by Gasteiger charge is -2.27. The van der Waals surface area contributed by atoms with Gasteiger partial charge in [-0.3, -0.25) is 14.5 Å². The molecule has 4 rings (SSSR count). The summed E-state index contributed by atoms with van der Waals surface area (Å²) in [5.74, 6) is -1.02. The lowest BCUT2D eigenvalue weighted by molar-refractivity contribution is -0.132. The topological polar surface area (TPSA) is 70.1 Å². The summed E-state index contributed by atoms with van der Waals surface area (Å²) in [6, 6.07) is 21.5. The van der Waals surface area contributed by atoms with Crippen molar-refractivity contribution in [2.24, 2.45) is 0 Å². The van der Waals surface area contributed by atoms with E-state index in [4.69, 9.17) is 4.74 Å². The minimum absolute atomic E-state index is 0.0470. The Labute approximate surface area is 218 Å². The number of amides is 1. The zero-order chi connectivity index (χ0) is 26.7. The number of carbonyl (C=O) groups excluding carboxylic acids is 2. The zero-order valence-electron chi connectivity index (χ0n) is 22.1. The van der Waals surface area contributed by atoms with Crippen LogP contribution >= 0.6 is 0 Å². The summed E-state index contributed by atoms with van der Waals surface area (Å²) in [5, 5.41) is 11.5. The monoisotopic (exact) mass is 498 g/mol. The van der Waals surface area contributed by atoms with Crippen molar-refractivity contribution in [3.05, 3.63) is 95.1 Å². The molecule has 0 spiro atoms. The number of ether oxygens (including phenoxy) is 1. The van der Waals surface area contributed by atoms with Gasteiger partial charge in [0.15, 0.2) is 0 Å². The van der Waals surface area contributed by atoms with Crippen LogP contribution in [-0.2, 0) is 9.59 Å². The summed E-state index contributed by atoms with van der Waals surface area (Å²) in [7, 11) is 0. The smallest absolute Gasteiger partial charge is 0.300 e. The Kier molecular flexibility index (Phi) is 7.67. The maximum atomic E-state index is 13.5. The van der Waals surface area contributed by atoms with Crippen LogP contribution in [0.25, 0.3) is 5.76 Å². The van der Waals surface area contributed by atoms with Gasteiger partial charge in [-0.15, -0.1) is 0 Å². The number of carbonyl (C=O) groups is 2. The number of nitrogens with zero attached hydrogens (tertiary/aromatic N) is 2.